The summed E-state index contributed by atoms with van der Waals surface area (Å²) in [4.78, 5) is 12.0. The maximum atomic E-state index is 12.0. The lowest BCUT2D eigenvalue weighted by Crippen LogP contribution is -2.13. The largest absolute Gasteiger partial charge is 0.326 e. The van der Waals surface area contributed by atoms with Crippen LogP contribution in [0.15, 0.2) is 53.0 Å². The third kappa shape index (κ3) is 4.99. The molecule has 116 valence electrons. The van der Waals surface area contributed by atoms with Crippen LogP contribution >= 0.6 is 15.9 Å². The van der Waals surface area contributed by atoms with Crippen LogP contribution in [0.25, 0.3) is 0 Å². The first kappa shape index (κ1) is 16.8. The highest BCUT2D eigenvalue weighted by atomic mass is 79.9. The summed E-state index contributed by atoms with van der Waals surface area (Å²) >= 11 is 3.40. The first-order valence-corrected chi connectivity index (χ1v) is 8.29. The van der Waals surface area contributed by atoms with Gasteiger partial charge in [0.2, 0.25) is 5.91 Å². The van der Waals surface area contributed by atoms with Gasteiger partial charge in [-0.15, -0.1) is 0 Å². The van der Waals surface area contributed by atoms with Crippen molar-refractivity contribution in [2.24, 2.45) is 0 Å². The number of hydrogen-bond donors (Lipinski definition) is 1. The Balaban J connectivity index is 1.88. The van der Waals surface area contributed by atoms with Gasteiger partial charge >= 0.3 is 0 Å². The molecule has 2 rings (SSSR count). The molecule has 0 radical (unpaired) electrons. The average Bonchev–Trinajstić information content (AvgIpc) is 2.45. The molecular weight excluding hydrogens is 338 g/mol. The Morgan fingerprint density at radius 3 is 2.36 bits per heavy atom. The summed E-state index contributed by atoms with van der Waals surface area (Å²) in [6.45, 7) is 6.61. The number of halogens is 1. The van der Waals surface area contributed by atoms with Gasteiger partial charge in [0, 0.05) is 16.6 Å². The van der Waals surface area contributed by atoms with Crippen LogP contribution in [-0.2, 0) is 16.6 Å². The van der Waals surface area contributed by atoms with Crippen LogP contribution in [0.2, 0.25) is 0 Å². The summed E-state index contributed by atoms with van der Waals surface area (Å²) in [5.74, 6) is 0.0398. The second-order valence-electron chi connectivity index (χ2n) is 6.51. The predicted octanol–water partition coefficient (Wildman–Crippen LogP) is 5.32. The van der Waals surface area contributed by atoms with Crippen molar-refractivity contribution in [1.82, 2.24) is 0 Å². The Bertz CT molecular complexity index is 641. The van der Waals surface area contributed by atoms with E-state index in [9.17, 15) is 4.79 Å². The van der Waals surface area contributed by atoms with Gasteiger partial charge in [-0.2, -0.15) is 0 Å². The van der Waals surface area contributed by atoms with Gasteiger partial charge in [-0.25, -0.2) is 0 Å². The SMILES string of the molecule is CC(C)(C)c1ccc(CCC(=O)Nc2cccc(Br)c2)cc1. The standard InChI is InChI=1S/C19H22BrNO/c1-19(2,3)15-10-7-14(8-11-15)9-12-18(22)21-17-6-4-5-16(20)13-17/h4-8,10-11,13H,9,12H2,1-3H3,(H,21,22). The zero-order valence-electron chi connectivity index (χ0n) is 13.3. The molecule has 0 aliphatic rings. The van der Waals surface area contributed by atoms with Gasteiger partial charge in [0.25, 0.3) is 0 Å². The minimum Gasteiger partial charge on any atom is -0.326 e. The Kier molecular flexibility index (Phi) is 5.41. The molecule has 0 aliphatic heterocycles. The van der Waals surface area contributed by atoms with E-state index in [0.29, 0.717) is 6.42 Å². The second-order valence-corrected chi connectivity index (χ2v) is 7.42. The molecular formula is C19H22BrNO. The van der Waals surface area contributed by atoms with Crippen LogP contribution < -0.4 is 5.32 Å². The fourth-order valence-corrected chi connectivity index (χ4v) is 2.62. The van der Waals surface area contributed by atoms with E-state index in [1.54, 1.807) is 0 Å². The quantitative estimate of drug-likeness (QED) is 0.786. The molecule has 0 aliphatic carbocycles. The van der Waals surface area contributed by atoms with Gasteiger partial charge in [0.15, 0.2) is 0 Å². The Morgan fingerprint density at radius 2 is 1.77 bits per heavy atom. The number of benzene rings is 2. The number of carbonyl (C=O) groups is 1. The molecule has 0 heterocycles. The Hall–Kier alpha value is -1.61. The van der Waals surface area contributed by atoms with E-state index in [1.165, 1.54) is 11.1 Å². The first-order valence-electron chi connectivity index (χ1n) is 7.49. The van der Waals surface area contributed by atoms with Gasteiger partial charge < -0.3 is 5.32 Å². The lowest BCUT2D eigenvalue weighted by atomic mass is 9.86. The number of aryl methyl sites for hydroxylation is 1. The summed E-state index contributed by atoms with van der Waals surface area (Å²) < 4.78 is 0.961. The van der Waals surface area contributed by atoms with Crippen LogP contribution in [0.1, 0.15) is 38.3 Å². The van der Waals surface area contributed by atoms with Crippen molar-refractivity contribution in [1.29, 1.82) is 0 Å². The molecule has 3 heteroatoms. The molecule has 0 unspecified atom stereocenters. The summed E-state index contributed by atoms with van der Waals surface area (Å²) in [6, 6.07) is 16.2. The highest BCUT2D eigenvalue weighted by molar-refractivity contribution is 9.10. The molecule has 0 bridgehead atoms. The molecule has 22 heavy (non-hydrogen) atoms. The number of carbonyl (C=O) groups excluding carboxylic acids is 1. The molecule has 2 aromatic carbocycles. The molecule has 0 fully saturated rings. The van der Waals surface area contributed by atoms with Gasteiger partial charge in [-0.05, 0) is 41.2 Å². The topological polar surface area (TPSA) is 29.1 Å². The summed E-state index contributed by atoms with van der Waals surface area (Å²) in [6.07, 6.45) is 1.24. The van der Waals surface area contributed by atoms with Crippen molar-refractivity contribution in [3.05, 3.63) is 64.1 Å². The minimum atomic E-state index is 0.0398. The maximum absolute atomic E-state index is 12.0. The molecule has 2 nitrogen and oxygen atoms in total. The van der Waals surface area contributed by atoms with Crippen molar-refractivity contribution >= 4 is 27.5 Å². The number of amides is 1. The third-order valence-corrected chi connectivity index (χ3v) is 4.06. The van der Waals surface area contributed by atoms with E-state index in [-0.39, 0.29) is 11.3 Å². The maximum Gasteiger partial charge on any atom is 0.224 e. The van der Waals surface area contributed by atoms with E-state index in [1.807, 2.05) is 24.3 Å². The normalized spacial score (nSPS) is 11.3. The van der Waals surface area contributed by atoms with Crippen LogP contribution in [0.3, 0.4) is 0 Å². The van der Waals surface area contributed by atoms with Crippen molar-refractivity contribution in [2.45, 2.75) is 39.0 Å². The Morgan fingerprint density at radius 1 is 1.09 bits per heavy atom. The highest BCUT2D eigenvalue weighted by Gasteiger charge is 2.13. The second kappa shape index (κ2) is 7.10. The average molecular weight is 360 g/mol. The number of hydrogen-bond acceptors (Lipinski definition) is 1. The molecule has 2 aromatic rings. The van der Waals surface area contributed by atoms with Crippen molar-refractivity contribution in [3.63, 3.8) is 0 Å². The third-order valence-electron chi connectivity index (χ3n) is 3.57. The number of rotatable bonds is 4. The zero-order chi connectivity index (χ0) is 16.2. The summed E-state index contributed by atoms with van der Waals surface area (Å²) in [7, 11) is 0. The Labute approximate surface area is 141 Å². The van der Waals surface area contributed by atoms with Crippen LogP contribution in [0, 0.1) is 0 Å². The summed E-state index contributed by atoms with van der Waals surface area (Å²) in [5.41, 5.74) is 3.49. The fourth-order valence-electron chi connectivity index (χ4n) is 2.22. The monoisotopic (exact) mass is 359 g/mol. The van der Waals surface area contributed by atoms with E-state index in [0.717, 1.165) is 16.6 Å². The summed E-state index contributed by atoms with van der Waals surface area (Å²) in [5, 5.41) is 2.92. The van der Waals surface area contributed by atoms with E-state index in [2.05, 4.69) is 66.3 Å². The predicted molar refractivity (Wildman–Crippen MR) is 96.2 cm³/mol. The van der Waals surface area contributed by atoms with Gasteiger partial charge in [0.05, 0.1) is 0 Å². The molecule has 0 atom stereocenters. The van der Waals surface area contributed by atoms with E-state index in [4.69, 9.17) is 0 Å². The van der Waals surface area contributed by atoms with E-state index >= 15 is 0 Å². The molecule has 0 saturated carbocycles. The fraction of sp³-hybridized carbons (Fsp3) is 0.316. The van der Waals surface area contributed by atoms with Crippen molar-refractivity contribution < 1.29 is 4.79 Å². The molecule has 0 spiro atoms. The lowest BCUT2D eigenvalue weighted by molar-refractivity contribution is -0.116. The van der Waals surface area contributed by atoms with Crippen LogP contribution in [0.5, 0.6) is 0 Å². The zero-order valence-corrected chi connectivity index (χ0v) is 14.9. The van der Waals surface area contributed by atoms with Crippen LogP contribution in [-0.4, -0.2) is 5.91 Å². The van der Waals surface area contributed by atoms with Gasteiger partial charge in [-0.1, -0.05) is 67.0 Å². The van der Waals surface area contributed by atoms with E-state index < -0.39 is 0 Å². The molecule has 0 aromatic heterocycles. The molecule has 1 N–H and O–H groups in total. The van der Waals surface area contributed by atoms with Crippen molar-refractivity contribution in [3.8, 4) is 0 Å². The smallest absolute Gasteiger partial charge is 0.224 e. The van der Waals surface area contributed by atoms with Crippen LogP contribution in [0.4, 0.5) is 5.69 Å². The first-order chi connectivity index (χ1) is 10.3. The van der Waals surface area contributed by atoms with Gasteiger partial charge in [-0.3, -0.25) is 4.79 Å². The number of nitrogens with one attached hydrogen (secondary N) is 1. The van der Waals surface area contributed by atoms with Gasteiger partial charge in [0.1, 0.15) is 0 Å². The van der Waals surface area contributed by atoms with Crippen molar-refractivity contribution in [2.75, 3.05) is 5.32 Å². The molecule has 0 saturated heterocycles. The minimum absolute atomic E-state index is 0.0398. The molecule has 1 amide bonds. The lowest BCUT2D eigenvalue weighted by Gasteiger charge is -2.19. The number of anilines is 1. The highest BCUT2D eigenvalue weighted by Crippen LogP contribution is 2.22.